The average molecular weight is 300 g/mol. The third-order valence-corrected chi connectivity index (χ3v) is 2.19. The number of hydrogen-bond donors (Lipinski definition) is 2. The van der Waals surface area contributed by atoms with Gasteiger partial charge in [0.15, 0.2) is 0 Å². The molecule has 0 aliphatic heterocycles. The van der Waals surface area contributed by atoms with Gasteiger partial charge in [-0.2, -0.15) is 0 Å². The van der Waals surface area contributed by atoms with Crippen LogP contribution in [0.1, 0.15) is 12.0 Å². The average Bonchev–Trinajstić information content (AvgIpc) is 2.41. The third-order valence-electron chi connectivity index (χ3n) is 2.19. The molecule has 21 heavy (non-hydrogen) atoms. The van der Waals surface area contributed by atoms with Crippen molar-refractivity contribution in [1.82, 2.24) is 4.98 Å². The highest BCUT2D eigenvalue weighted by molar-refractivity contribution is 5.90. The summed E-state index contributed by atoms with van der Waals surface area (Å²) in [4.78, 5) is 25.8. The van der Waals surface area contributed by atoms with Crippen molar-refractivity contribution in [2.75, 3.05) is 18.5 Å². The summed E-state index contributed by atoms with van der Waals surface area (Å²) in [5, 5.41) is 11.0. The van der Waals surface area contributed by atoms with Gasteiger partial charge in [-0.15, -0.1) is 0 Å². The van der Waals surface area contributed by atoms with Crippen LogP contribution in [-0.2, 0) is 14.3 Å². The van der Waals surface area contributed by atoms with Crippen molar-refractivity contribution in [2.45, 2.75) is 12.8 Å². The van der Waals surface area contributed by atoms with Gasteiger partial charge >= 0.3 is 5.97 Å². The third kappa shape index (κ3) is 7.73. The number of alkyl halides is 2. The molecule has 0 radical (unpaired) electrons. The Kier molecular flexibility index (Phi) is 6.96. The number of ether oxygens (including phenoxy) is 1. The molecule has 0 saturated carbocycles. The number of amides is 1. The summed E-state index contributed by atoms with van der Waals surface area (Å²) < 4.78 is 28.2. The molecule has 0 aliphatic rings. The lowest BCUT2D eigenvalue weighted by atomic mass is 10.2. The molecule has 1 amide bonds. The summed E-state index contributed by atoms with van der Waals surface area (Å²) in [7, 11) is 0. The van der Waals surface area contributed by atoms with Crippen LogP contribution in [-0.4, -0.2) is 41.6 Å². The number of halogens is 2. The van der Waals surface area contributed by atoms with Gasteiger partial charge in [0.05, 0.1) is 13.0 Å². The molecule has 2 N–H and O–H groups in total. The van der Waals surface area contributed by atoms with Crippen LogP contribution in [0.2, 0.25) is 0 Å². The molecule has 114 valence electrons. The first-order valence-electron chi connectivity index (χ1n) is 6.00. The van der Waals surface area contributed by atoms with Crippen LogP contribution in [0.5, 0.6) is 0 Å². The van der Waals surface area contributed by atoms with E-state index in [9.17, 15) is 18.4 Å². The van der Waals surface area contributed by atoms with Gasteiger partial charge in [0.2, 0.25) is 5.91 Å². The molecule has 1 heterocycles. The van der Waals surface area contributed by atoms with Crippen LogP contribution < -0.4 is 5.32 Å². The van der Waals surface area contributed by atoms with Gasteiger partial charge in [-0.05, 0) is 23.8 Å². The zero-order valence-electron chi connectivity index (χ0n) is 11.0. The Labute approximate surface area is 119 Å². The van der Waals surface area contributed by atoms with Gasteiger partial charge in [-0.3, -0.25) is 4.79 Å². The Morgan fingerprint density at radius 1 is 1.48 bits per heavy atom. The molecule has 1 aromatic heterocycles. The van der Waals surface area contributed by atoms with Crippen molar-refractivity contribution in [3.8, 4) is 0 Å². The smallest absolute Gasteiger partial charge is 0.328 e. The predicted octanol–water partition coefficient (Wildman–Crippen LogP) is 1.79. The maximum atomic E-state index is 11.8. The van der Waals surface area contributed by atoms with Crippen LogP contribution in [0.25, 0.3) is 6.08 Å². The second-order valence-corrected chi connectivity index (χ2v) is 3.91. The summed E-state index contributed by atoms with van der Waals surface area (Å²) in [6.07, 6.45) is 1.07. The first-order chi connectivity index (χ1) is 9.97. The summed E-state index contributed by atoms with van der Waals surface area (Å²) >= 11 is 0. The van der Waals surface area contributed by atoms with Crippen molar-refractivity contribution < 1.29 is 28.2 Å². The summed E-state index contributed by atoms with van der Waals surface area (Å²) in [6, 6.07) is 3.05. The number of hydrogen-bond acceptors (Lipinski definition) is 4. The number of carbonyl (C=O) groups is 2. The van der Waals surface area contributed by atoms with Crippen molar-refractivity contribution in [1.29, 1.82) is 0 Å². The lowest BCUT2D eigenvalue weighted by Crippen LogP contribution is -2.16. The molecule has 0 saturated heterocycles. The minimum atomic E-state index is -2.56. The topological polar surface area (TPSA) is 88.5 Å². The van der Waals surface area contributed by atoms with E-state index < -0.39 is 24.9 Å². The van der Waals surface area contributed by atoms with E-state index in [1.165, 1.54) is 18.3 Å². The SMILES string of the molecule is O=C(O)/C=C/c1ccnc(NC(=O)CCOCC(F)F)c1. The van der Waals surface area contributed by atoms with Gasteiger partial charge in [-0.1, -0.05) is 0 Å². The van der Waals surface area contributed by atoms with Gasteiger partial charge in [0, 0.05) is 12.3 Å². The van der Waals surface area contributed by atoms with Crippen LogP contribution in [0, 0.1) is 0 Å². The van der Waals surface area contributed by atoms with E-state index in [-0.39, 0.29) is 18.8 Å². The highest BCUT2D eigenvalue weighted by atomic mass is 19.3. The Morgan fingerprint density at radius 3 is 2.90 bits per heavy atom. The zero-order valence-corrected chi connectivity index (χ0v) is 11.0. The minimum Gasteiger partial charge on any atom is -0.478 e. The molecular formula is C13H14F2N2O4. The fourth-order valence-electron chi connectivity index (χ4n) is 1.33. The molecule has 6 nitrogen and oxygen atoms in total. The van der Waals surface area contributed by atoms with Gasteiger partial charge in [0.1, 0.15) is 12.4 Å². The number of rotatable bonds is 8. The molecule has 1 aromatic rings. The lowest BCUT2D eigenvalue weighted by molar-refractivity contribution is -0.131. The van der Waals surface area contributed by atoms with Crippen LogP contribution in [0.3, 0.4) is 0 Å². The van der Waals surface area contributed by atoms with Gasteiger partial charge in [-0.25, -0.2) is 18.6 Å². The highest BCUT2D eigenvalue weighted by Crippen LogP contribution is 2.09. The molecule has 0 spiro atoms. The fraction of sp³-hybridized carbons (Fsp3) is 0.308. The van der Waals surface area contributed by atoms with Crippen molar-refractivity contribution >= 4 is 23.8 Å². The van der Waals surface area contributed by atoms with E-state index in [4.69, 9.17) is 5.11 Å². The normalized spacial score (nSPS) is 11.0. The van der Waals surface area contributed by atoms with E-state index in [1.54, 1.807) is 6.07 Å². The molecule has 0 aliphatic carbocycles. The number of carboxylic acid groups (broad SMARTS) is 1. The monoisotopic (exact) mass is 300 g/mol. The first kappa shape index (κ1) is 16.7. The number of nitrogens with one attached hydrogen (secondary N) is 1. The molecule has 0 unspecified atom stereocenters. The lowest BCUT2D eigenvalue weighted by Gasteiger charge is -2.06. The van der Waals surface area contributed by atoms with Crippen LogP contribution >= 0.6 is 0 Å². The standard InChI is InChI=1S/C13H14F2N2O4/c14-10(15)8-21-6-4-12(18)17-11-7-9(3-5-16-11)1-2-13(19)20/h1-3,5,7,10H,4,6,8H2,(H,19,20)(H,16,17,18)/b2-1+. The summed E-state index contributed by atoms with van der Waals surface area (Å²) in [5.41, 5.74) is 0.552. The molecule has 1 rings (SSSR count). The predicted molar refractivity (Wildman–Crippen MR) is 71.0 cm³/mol. The number of carbonyl (C=O) groups excluding carboxylic acids is 1. The highest BCUT2D eigenvalue weighted by Gasteiger charge is 2.06. The maximum absolute atomic E-state index is 11.8. The van der Waals surface area contributed by atoms with Crippen molar-refractivity contribution in [3.05, 3.63) is 30.0 Å². The number of aliphatic carboxylic acids is 1. The molecule has 0 atom stereocenters. The van der Waals surface area contributed by atoms with E-state index >= 15 is 0 Å². The van der Waals surface area contributed by atoms with Crippen molar-refractivity contribution in [2.24, 2.45) is 0 Å². The quantitative estimate of drug-likeness (QED) is 0.564. The maximum Gasteiger partial charge on any atom is 0.328 e. The summed E-state index contributed by atoms with van der Waals surface area (Å²) in [5.74, 6) is -1.29. The fourth-order valence-corrected chi connectivity index (χ4v) is 1.33. The van der Waals surface area contributed by atoms with E-state index in [2.05, 4.69) is 15.0 Å². The number of anilines is 1. The van der Waals surface area contributed by atoms with Crippen molar-refractivity contribution in [3.63, 3.8) is 0 Å². The molecular weight excluding hydrogens is 286 g/mol. The Morgan fingerprint density at radius 2 is 2.24 bits per heavy atom. The Bertz CT molecular complexity index is 521. The van der Waals surface area contributed by atoms with Crippen LogP contribution in [0.15, 0.2) is 24.4 Å². The number of aromatic nitrogens is 1. The van der Waals surface area contributed by atoms with Gasteiger partial charge < -0.3 is 15.2 Å². The largest absolute Gasteiger partial charge is 0.478 e. The zero-order chi connectivity index (χ0) is 15.7. The number of nitrogens with zero attached hydrogens (tertiary/aromatic N) is 1. The minimum absolute atomic E-state index is 0.0798. The molecule has 0 bridgehead atoms. The molecule has 0 fully saturated rings. The van der Waals surface area contributed by atoms with E-state index in [0.717, 1.165) is 6.08 Å². The van der Waals surface area contributed by atoms with E-state index in [1.807, 2.05) is 0 Å². The summed E-state index contributed by atoms with van der Waals surface area (Å²) in [6.45, 7) is -0.824. The van der Waals surface area contributed by atoms with Crippen LogP contribution in [0.4, 0.5) is 14.6 Å². The second kappa shape index (κ2) is 8.75. The molecule has 0 aromatic carbocycles. The Hall–Kier alpha value is -2.35. The second-order valence-electron chi connectivity index (χ2n) is 3.91. The number of carboxylic acids is 1. The van der Waals surface area contributed by atoms with Gasteiger partial charge in [0.25, 0.3) is 6.43 Å². The number of pyridine rings is 1. The Balaban J connectivity index is 2.45. The van der Waals surface area contributed by atoms with E-state index in [0.29, 0.717) is 5.56 Å². The first-order valence-corrected chi connectivity index (χ1v) is 6.00. The molecule has 8 heteroatoms.